The summed E-state index contributed by atoms with van der Waals surface area (Å²) in [6.45, 7) is 25.6. The average Bonchev–Trinajstić information content (AvgIpc) is 2.97. The number of hydrogen-bond acceptors (Lipinski definition) is 6. The highest BCUT2D eigenvalue weighted by atomic mass is 16.5. The van der Waals surface area contributed by atoms with Crippen LogP contribution in [0.2, 0.25) is 0 Å². The predicted octanol–water partition coefficient (Wildman–Crippen LogP) is 10.7. The molecular formula is C42H60O6. The molecule has 0 saturated carbocycles. The van der Waals surface area contributed by atoms with Gasteiger partial charge in [0, 0.05) is 0 Å². The Morgan fingerprint density at radius 2 is 0.583 bits per heavy atom. The Balaban J connectivity index is 0.000000360. The maximum Gasteiger partial charge on any atom is 0.338 e. The minimum atomic E-state index is -0.191. The Morgan fingerprint density at radius 1 is 0.396 bits per heavy atom. The SMILES string of the molecule is CCCCOC(=O)c1c(C)cc(C)cc1C.CCCCOC(=O)c1c(C)cc(C)cc1C.CCCCOC(=O)c1c(C)cc(C)cc1C. The minimum Gasteiger partial charge on any atom is -0.462 e. The first kappa shape index (κ1) is 42.1. The van der Waals surface area contributed by atoms with Crippen LogP contribution in [0.5, 0.6) is 0 Å². The largest absolute Gasteiger partial charge is 0.462 e. The molecule has 0 aromatic heterocycles. The molecular weight excluding hydrogens is 600 g/mol. The number of benzene rings is 3. The lowest BCUT2D eigenvalue weighted by Gasteiger charge is -2.10. The van der Waals surface area contributed by atoms with Crippen molar-refractivity contribution in [2.24, 2.45) is 0 Å². The number of rotatable bonds is 12. The van der Waals surface area contributed by atoms with E-state index in [0.717, 1.165) is 88.6 Å². The summed E-state index contributed by atoms with van der Waals surface area (Å²) in [5.41, 5.74) is 11.7. The molecule has 0 aliphatic heterocycles. The smallest absolute Gasteiger partial charge is 0.338 e. The number of carbonyl (C=O) groups excluding carboxylic acids is 3. The van der Waals surface area contributed by atoms with Gasteiger partial charge in [-0.05, 0) is 115 Å². The van der Waals surface area contributed by atoms with Crippen molar-refractivity contribution in [3.63, 3.8) is 0 Å². The lowest BCUT2D eigenvalue weighted by atomic mass is 10.00. The average molecular weight is 661 g/mol. The Bertz CT molecular complexity index is 1250. The van der Waals surface area contributed by atoms with E-state index in [1.54, 1.807) is 0 Å². The highest BCUT2D eigenvalue weighted by molar-refractivity contribution is 5.94. The van der Waals surface area contributed by atoms with Crippen LogP contribution in [0, 0.1) is 62.3 Å². The molecule has 0 amide bonds. The molecule has 0 fully saturated rings. The van der Waals surface area contributed by atoms with Crippen LogP contribution in [-0.4, -0.2) is 37.7 Å². The van der Waals surface area contributed by atoms with Crippen molar-refractivity contribution in [1.29, 1.82) is 0 Å². The van der Waals surface area contributed by atoms with E-state index in [4.69, 9.17) is 14.2 Å². The van der Waals surface area contributed by atoms with Gasteiger partial charge < -0.3 is 14.2 Å². The Morgan fingerprint density at radius 3 is 0.750 bits per heavy atom. The van der Waals surface area contributed by atoms with Crippen LogP contribution in [0.15, 0.2) is 36.4 Å². The van der Waals surface area contributed by atoms with E-state index in [9.17, 15) is 14.4 Å². The first-order chi connectivity index (χ1) is 22.7. The number of hydrogen-bond donors (Lipinski definition) is 0. The third kappa shape index (κ3) is 14.0. The Hall–Kier alpha value is -3.93. The molecule has 264 valence electrons. The standard InChI is InChI=1S/3C14H20O2/c3*1-5-6-7-16-14(15)13-11(3)8-10(2)9-12(13)4/h3*8-9H,5-7H2,1-4H3. The van der Waals surface area contributed by atoms with Crippen LogP contribution < -0.4 is 0 Å². The highest BCUT2D eigenvalue weighted by Gasteiger charge is 2.15. The molecule has 0 radical (unpaired) electrons. The first-order valence-electron chi connectivity index (χ1n) is 17.4. The zero-order valence-electron chi connectivity index (χ0n) is 31.8. The van der Waals surface area contributed by atoms with Gasteiger partial charge in [-0.3, -0.25) is 0 Å². The molecule has 6 heteroatoms. The first-order valence-corrected chi connectivity index (χ1v) is 17.4. The summed E-state index contributed by atoms with van der Waals surface area (Å²) in [6, 6.07) is 12.1. The molecule has 3 rings (SSSR count). The van der Waals surface area contributed by atoms with E-state index in [-0.39, 0.29) is 17.9 Å². The summed E-state index contributed by atoms with van der Waals surface area (Å²) in [5.74, 6) is -0.574. The predicted molar refractivity (Wildman–Crippen MR) is 198 cm³/mol. The van der Waals surface area contributed by atoms with Crippen molar-refractivity contribution >= 4 is 17.9 Å². The lowest BCUT2D eigenvalue weighted by molar-refractivity contribution is 0.0488. The van der Waals surface area contributed by atoms with Crippen LogP contribution in [0.25, 0.3) is 0 Å². The second kappa shape index (κ2) is 21.8. The summed E-state index contributed by atoms with van der Waals surface area (Å²) < 4.78 is 15.7. The van der Waals surface area contributed by atoms with Gasteiger partial charge in [-0.15, -0.1) is 0 Å². The van der Waals surface area contributed by atoms with Gasteiger partial charge >= 0.3 is 17.9 Å². The highest BCUT2D eigenvalue weighted by Crippen LogP contribution is 2.19. The molecule has 0 unspecified atom stereocenters. The van der Waals surface area contributed by atoms with E-state index < -0.39 is 0 Å². The van der Waals surface area contributed by atoms with Crippen molar-refractivity contribution in [2.45, 2.75) is 122 Å². The molecule has 0 atom stereocenters. The minimum absolute atomic E-state index is 0.191. The van der Waals surface area contributed by atoms with Crippen molar-refractivity contribution in [2.75, 3.05) is 19.8 Å². The van der Waals surface area contributed by atoms with Gasteiger partial charge in [-0.1, -0.05) is 93.1 Å². The molecule has 0 bridgehead atoms. The fraction of sp³-hybridized carbons (Fsp3) is 0.500. The summed E-state index contributed by atoms with van der Waals surface area (Å²) in [7, 11) is 0. The third-order valence-corrected chi connectivity index (χ3v) is 7.84. The monoisotopic (exact) mass is 660 g/mol. The van der Waals surface area contributed by atoms with Crippen LogP contribution in [0.3, 0.4) is 0 Å². The summed E-state index contributed by atoms with van der Waals surface area (Å²) >= 11 is 0. The summed E-state index contributed by atoms with van der Waals surface area (Å²) in [5, 5.41) is 0. The maximum absolute atomic E-state index is 11.9. The zero-order valence-corrected chi connectivity index (χ0v) is 31.8. The van der Waals surface area contributed by atoms with E-state index in [1.165, 1.54) is 16.7 Å². The zero-order chi connectivity index (χ0) is 36.4. The number of aryl methyl sites for hydroxylation is 9. The number of carbonyl (C=O) groups is 3. The van der Waals surface area contributed by atoms with Crippen molar-refractivity contribution in [3.05, 3.63) is 103 Å². The lowest BCUT2D eigenvalue weighted by Crippen LogP contribution is -2.10. The molecule has 0 saturated heterocycles. The Labute approximate surface area is 290 Å². The van der Waals surface area contributed by atoms with Crippen LogP contribution in [-0.2, 0) is 14.2 Å². The number of esters is 3. The molecule has 3 aromatic carbocycles. The van der Waals surface area contributed by atoms with Crippen molar-refractivity contribution < 1.29 is 28.6 Å². The van der Waals surface area contributed by atoms with Gasteiger partial charge in [0.15, 0.2) is 0 Å². The van der Waals surface area contributed by atoms with Gasteiger partial charge in [0.2, 0.25) is 0 Å². The summed E-state index contributed by atoms with van der Waals surface area (Å²) in [4.78, 5) is 35.6. The second-order valence-corrected chi connectivity index (χ2v) is 12.8. The molecule has 0 aliphatic carbocycles. The molecule has 0 aliphatic rings. The van der Waals surface area contributed by atoms with Crippen LogP contribution >= 0.6 is 0 Å². The van der Waals surface area contributed by atoms with E-state index in [1.807, 2.05) is 98.7 Å². The molecule has 0 spiro atoms. The van der Waals surface area contributed by atoms with Crippen molar-refractivity contribution in [1.82, 2.24) is 0 Å². The van der Waals surface area contributed by atoms with E-state index in [2.05, 4.69) is 20.8 Å². The van der Waals surface area contributed by atoms with Crippen molar-refractivity contribution in [3.8, 4) is 0 Å². The number of unbranched alkanes of at least 4 members (excludes halogenated alkanes) is 3. The number of ether oxygens (including phenoxy) is 3. The fourth-order valence-corrected chi connectivity index (χ4v) is 5.65. The van der Waals surface area contributed by atoms with Gasteiger partial charge in [-0.25, -0.2) is 14.4 Å². The quantitative estimate of drug-likeness (QED) is 0.109. The molecule has 3 aromatic rings. The fourth-order valence-electron chi connectivity index (χ4n) is 5.65. The topological polar surface area (TPSA) is 78.9 Å². The molecule has 6 nitrogen and oxygen atoms in total. The Kier molecular flexibility index (Phi) is 19.2. The van der Waals surface area contributed by atoms with Crippen LogP contribution in [0.4, 0.5) is 0 Å². The van der Waals surface area contributed by atoms with Gasteiger partial charge in [0.25, 0.3) is 0 Å². The third-order valence-electron chi connectivity index (χ3n) is 7.84. The maximum atomic E-state index is 11.9. The second-order valence-electron chi connectivity index (χ2n) is 12.8. The van der Waals surface area contributed by atoms with E-state index in [0.29, 0.717) is 19.8 Å². The normalized spacial score (nSPS) is 10.2. The molecule has 0 heterocycles. The molecule has 48 heavy (non-hydrogen) atoms. The van der Waals surface area contributed by atoms with Gasteiger partial charge in [0.1, 0.15) is 0 Å². The van der Waals surface area contributed by atoms with E-state index >= 15 is 0 Å². The van der Waals surface area contributed by atoms with Gasteiger partial charge in [-0.2, -0.15) is 0 Å². The van der Waals surface area contributed by atoms with Crippen LogP contribution in [0.1, 0.15) is 140 Å². The van der Waals surface area contributed by atoms with Gasteiger partial charge in [0.05, 0.1) is 36.5 Å². The summed E-state index contributed by atoms with van der Waals surface area (Å²) in [6.07, 6.45) is 5.90. The molecule has 0 N–H and O–H groups in total.